The topological polar surface area (TPSA) is 52.9 Å². The van der Waals surface area contributed by atoms with Gasteiger partial charge in [0.2, 0.25) is 0 Å². The highest BCUT2D eigenvalue weighted by molar-refractivity contribution is 5.84. The molecule has 1 heterocycles. The molecule has 1 aromatic rings. The molecule has 1 aliphatic heterocycles. The molecule has 0 saturated heterocycles. The number of rotatable bonds is 3. The van der Waals surface area contributed by atoms with E-state index in [0.29, 0.717) is 0 Å². The lowest BCUT2D eigenvalue weighted by Gasteiger charge is -2.38. The van der Waals surface area contributed by atoms with Crippen LogP contribution < -0.4 is 4.90 Å². The van der Waals surface area contributed by atoms with Crippen LogP contribution in [0.25, 0.3) is 0 Å². The molecule has 0 amide bonds. The Labute approximate surface area is 106 Å². The van der Waals surface area contributed by atoms with Gasteiger partial charge in [-0.3, -0.25) is 9.79 Å². The van der Waals surface area contributed by atoms with E-state index in [-0.39, 0.29) is 0 Å². The lowest BCUT2D eigenvalue weighted by molar-refractivity contribution is -0.147. The number of nitrogens with zero attached hydrogens (tertiary/aromatic N) is 2. The van der Waals surface area contributed by atoms with Crippen LogP contribution in [0.4, 0.5) is 5.69 Å². The molecule has 2 aliphatic rings. The van der Waals surface area contributed by atoms with Crippen molar-refractivity contribution < 1.29 is 9.90 Å². The van der Waals surface area contributed by atoms with E-state index in [4.69, 9.17) is 0 Å². The molecule has 1 fully saturated rings. The van der Waals surface area contributed by atoms with Crippen molar-refractivity contribution >= 4 is 18.0 Å². The SMILES string of the molecule is O=C(O)C1(c2ccc(N3C=NCC3)cc2)CCC1. The first-order chi connectivity index (χ1) is 8.72. The van der Waals surface area contributed by atoms with Gasteiger partial charge < -0.3 is 10.0 Å². The van der Waals surface area contributed by atoms with Gasteiger partial charge in [0, 0.05) is 12.2 Å². The maximum absolute atomic E-state index is 11.4. The highest BCUT2D eigenvalue weighted by Crippen LogP contribution is 2.44. The van der Waals surface area contributed by atoms with Crippen LogP contribution in [0, 0.1) is 0 Å². The summed E-state index contributed by atoms with van der Waals surface area (Å²) >= 11 is 0. The Bertz CT molecular complexity index is 489. The van der Waals surface area contributed by atoms with E-state index >= 15 is 0 Å². The molecule has 1 N–H and O–H groups in total. The van der Waals surface area contributed by atoms with E-state index in [2.05, 4.69) is 9.89 Å². The van der Waals surface area contributed by atoms with Crippen LogP contribution in [0.1, 0.15) is 24.8 Å². The molecule has 0 radical (unpaired) electrons. The van der Waals surface area contributed by atoms with Crippen LogP contribution in [-0.2, 0) is 10.2 Å². The second kappa shape index (κ2) is 4.12. The fourth-order valence-electron chi connectivity index (χ4n) is 2.70. The van der Waals surface area contributed by atoms with Gasteiger partial charge >= 0.3 is 5.97 Å². The summed E-state index contributed by atoms with van der Waals surface area (Å²) in [4.78, 5) is 17.7. The van der Waals surface area contributed by atoms with E-state index < -0.39 is 11.4 Å². The summed E-state index contributed by atoms with van der Waals surface area (Å²) in [5.74, 6) is -0.691. The Morgan fingerprint density at radius 3 is 2.44 bits per heavy atom. The molecule has 18 heavy (non-hydrogen) atoms. The largest absolute Gasteiger partial charge is 0.481 e. The zero-order valence-corrected chi connectivity index (χ0v) is 10.2. The molecule has 1 saturated carbocycles. The molecule has 0 spiro atoms. The van der Waals surface area contributed by atoms with Gasteiger partial charge in [-0.25, -0.2) is 0 Å². The molecule has 0 atom stereocenters. The standard InChI is InChI=1S/C14H16N2O2/c17-13(18)14(6-1-7-14)11-2-4-12(5-3-11)16-9-8-15-10-16/h2-5,10H,1,6-9H2,(H,17,18). The minimum absolute atomic E-state index is 0.627. The number of aliphatic carboxylic acids is 1. The number of benzene rings is 1. The van der Waals surface area contributed by atoms with Crippen molar-refractivity contribution in [2.24, 2.45) is 4.99 Å². The van der Waals surface area contributed by atoms with Crippen molar-refractivity contribution in [1.82, 2.24) is 0 Å². The molecule has 0 bridgehead atoms. The first-order valence-corrected chi connectivity index (χ1v) is 6.33. The van der Waals surface area contributed by atoms with Crippen molar-refractivity contribution in [3.63, 3.8) is 0 Å². The number of aliphatic imine (C=N–C) groups is 1. The van der Waals surface area contributed by atoms with Crippen LogP contribution in [0.5, 0.6) is 0 Å². The fraction of sp³-hybridized carbons (Fsp3) is 0.429. The van der Waals surface area contributed by atoms with Gasteiger partial charge in [0.25, 0.3) is 0 Å². The smallest absolute Gasteiger partial charge is 0.314 e. The molecular weight excluding hydrogens is 228 g/mol. The van der Waals surface area contributed by atoms with Gasteiger partial charge in [0.15, 0.2) is 0 Å². The van der Waals surface area contributed by atoms with Crippen molar-refractivity contribution in [2.45, 2.75) is 24.7 Å². The minimum Gasteiger partial charge on any atom is -0.481 e. The lowest BCUT2D eigenvalue weighted by atomic mass is 9.64. The molecular formula is C14H16N2O2. The highest BCUT2D eigenvalue weighted by atomic mass is 16.4. The second-order valence-corrected chi connectivity index (χ2v) is 5.00. The Morgan fingerprint density at radius 2 is 2.00 bits per heavy atom. The van der Waals surface area contributed by atoms with Crippen molar-refractivity contribution in [2.75, 3.05) is 18.0 Å². The Morgan fingerprint density at radius 1 is 1.28 bits per heavy atom. The van der Waals surface area contributed by atoms with E-state index in [1.54, 1.807) is 0 Å². The maximum Gasteiger partial charge on any atom is 0.314 e. The maximum atomic E-state index is 11.4. The second-order valence-electron chi connectivity index (χ2n) is 5.00. The quantitative estimate of drug-likeness (QED) is 0.885. The molecule has 0 aromatic heterocycles. The number of carboxylic acid groups (broad SMARTS) is 1. The van der Waals surface area contributed by atoms with E-state index in [0.717, 1.165) is 43.6 Å². The number of anilines is 1. The van der Waals surface area contributed by atoms with Gasteiger partial charge in [0.1, 0.15) is 0 Å². The molecule has 94 valence electrons. The lowest BCUT2D eigenvalue weighted by Crippen LogP contribution is -2.42. The molecule has 4 nitrogen and oxygen atoms in total. The summed E-state index contributed by atoms with van der Waals surface area (Å²) in [6, 6.07) is 7.90. The fourth-order valence-corrected chi connectivity index (χ4v) is 2.70. The minimum atomic E-state index is -0.691. The van der Waals surface area contributed by atoms with E-state index in [9.17, 15) is 9.90 Å². The van der Waals surface area contributed by atoms with Crippen LogP contribution in [0.3, 0.4) is 0 Å². The van der Waals surface area contributed by atoms with Crippen molar-refractivity contribution in [3.8, 4) is 0 Å². The Balaban J connectivity index is 1.86. The van der Waals surface area contributed by atoms with Gasteiger partial charge in [-0.1, -0.05) is 18.6 Å². The van der Waals surface area contributed by atoms with Crippen LogP contribution in [0.2, 0.25) is 0 Å². The number of hydrogen-bond donors (Lipinski definition) is 1. The summed E-state index contributed by atoms with van der Waals surface area (Å²) in [5, 5.41) is 9.39. The predicted octanol–water partition coefficient (Wildman–Crippen LogP) is 2.04. The predicted molar refractivity (Wildman–Crippen MR) is 70.3 cm³/mol. The molecule has 0 unspecified atom stereocenters. The number of carboxylic acids is 1. The van der Waals surface area contributed by atoms with Crippen LogP contribution in [-0.4, -0.2) is 30.5 Å². The van der Waals surface area contributed by atoms with Gasteiger partial charge in [-0.15, -0.1) is 0 Å². The van der Waals surface area contributed by atoms with E-state index in [1.807, 2.05) is 30.6 Å². The Hall–Kier alpha value is -1.84. The third kappa shape index (κ3) is 1.60. The summed E-state index contributed by atoms with van der Waals surface area (Å²) in [6.45, 7) is 1.74. The summed E-state index contributed by atoms with van der Waals surface area (Å²) in [6.07, 6.45) is 4.36. The monoisotopic (exact) mass is 244 g/mol. The van der Waals surface area contributed by atoms with Crippen molar-refractivity contribution in [3.05, 3.63) is 29.8 Å². The average molecular weight is 244 g/mol. The van der Waals surface area contributed by atoms with Crippen LogP contribution in [0.15, 0.2) is 29.3 Å². The molecule has 3 rings (SSSR count). The third-order valence-electron chi connectivity index (χ3n) is 4.06. The first kappa shape index (κ1) is 11.3. The van der Waals surface area contributed by atoms with Crippen molar-refractivity contribution in [1.29, 1.82) is 0 Å². The van der Waals surface area contributed by atoms with Gasteiger partial charge in [-0.05, 0) is 30.5 Å². The van der Waals surface area contributed by atoms with Gasteiger partial charge in [-0.2, -0.15) is 0 Å². The molecule has 1 aromatic carbocycles. The Kier molecular flexibility index (Phi) is 2.58. The van der Waals surface area contributed by atoms with Crippen LogP contribution >= 0.6 is 0 Å². The average Bonchev–Trinajstić information content (AvgIpc) is 2.81. The normalized spacial score (nSPS) is 20.8. The highest BCUT2D eigenvalue weighted by Gasteiger charge is 2.45. The number of hydrogen-bond acceptors (Lipinski definition) is 3. The number of carbonyl (C=O) groups is 1. The summed E-state index contributed by atoms with van der Waals surface area (Å²) in [7, 11) is 0. The zero-order chi connectivity index (χ0) is 12.6. The van der Waals surface area contributed by atoms with E-state index in [1.165, 1.54) is 0 Å². The summed E-state index contributed by atoms with van der Waals surface area (Å²) < 4.78 is 0. The summed E-state index contributed by atoms with van der Waals surface area (Å²) in [5.41, 5.74) is 1.39. The zero-order valence-electron chi connectivity index (χ0n) is 10.2. The molecule has 4 heteroatoms. The third-order valence-corrected chi connectivity index (χ3v) is 4.06. The first-order valence-electron chi connectivity index (χ1n) is 6.33. The van der Waals surface area contributed by atoms with Gasteiger partial charge in [0.05, 0.1) is 18.3 Å². The molecule has 1 aliphatic carbocycles.